The molecule has 0 radical (unpaired) electrons. The summed E-state index contributed by atoms with van der Waals surface area (Å²) >= 11 is 0. The van der Waals surface area contributed by atoms with Gasteiger partial charge in [0.15, 0.2) is 0 Å². The van der Waals surface area contributed by atoms with Crippen molar-refractivity contribution in [2.24, 2.45) is 5.73 Å². The Bertz CT molecular complexity index is 341. The Morgan fingerprint density at radius 2 is 2.00 bits per heavy atom. The van der Waals surface area contributed by atoms with Gasteiger partial charge in [0.05, 0.1) is 0 Å². The van der Waals surface area contributed by atoms with Crippen LogP contribution in [0.5, 0.6) is 0 Å². The Kier molecular flexibility index (Phi) is 4.49. The van der Waals surface area contributed by atoms with Crippen molar-refractivity contribution in [3.05, 3.63) is 23.8 Å². The first-order chi connectivity index (χ1) is 8.25. The van der Waals surface area contributed by atoms with Gasteiger partial charge in [-0.15, -0.1) is 0 Å². The fraction of sp³-hybridized carbons (Fsp3) is 0.714. The van der Waals surface area contributed by atoms with E-state index in [0.29, 0.717) is 5.92 Å². The normalized spacial score (nSPS) is 19.9. The van der Waals surface area contributed by atoms with Crippen LogP contribution < -0.4 is 5.73 Å². The van der Waals surface area contributed by atoms with E-state index in [0.717, 1.165) is 17.9 Å². The molecular formula is C14H23N3. The maximum atomic E-state index is 5.82. The van der Waals surface area contributed by atoms with Gasteiger partial charge in [0.1, 0.15) is 5.82 Å². The molecule has 1 saturated carbocycles. The van der Waals surface area contributed by atoms with Gasteiger partial charge in [0, 0.05) is 30.3 Å². The standard InChI is InChI=1S/C14H23N3/c1-11(15)10-13-8-9-16-14(17-13)12-6-4-2-3-5-7-12/h8-9,11-12H,2-7,10,15H2,1H3. The van der Waals surface area contributed by atoms with Crippen LogP contribution in [0.4, 0.5) is 0 Å². The van der Waals surface area contributed by atoms with Gasteiger partial charge in [-0.1, -0.05) is 25.7 Å². The molecule has 2 N–H and O–H groups in total. The van der Waals surface area contributed by atoms with E-state index in [9.17, 15) is 0 Å². The number of rotatable bonds is 3. The van der Waals surface area contributed by atoms with Crippen LogP contribution in [0.1, 0.15) is 62.9 Å². The molecule has 17 heavy (non-hydrogen) atoms. The van der Waals surface area contributed by atoms with Crippen molar-refractivity contribution in [1.29, 1.82) is 0 Å². The smallest absolute Gasteiger partial charge is 0.131 e. The quantitative estimate of drug-likeness (QED) is 0.817. The maximum Gasteiger partial charge on any atom is 0.131 e. The highest BCUT2D eigenvalue weighted by atomic mass is 14.9. The minimum absolute atomic E-state index is 0.173. The summed E-state index contributed by atoms with van der Waals surface area (Å²) in [6, 6.07) is 2.16. The molecule has 0 aromatic carbocycles. The molecule has 1 unspecified atom stereocenters. The Morgan fingerprint density at radius 3 is 2.65 bits per heavy atom. The van der Waals surface area contributed by atoms with E-state index < -0.39 is 0 Å². The molecule has 0 bridgehead atoms. The van der Waals surface area contributed by atoms with Gasteiger partial charge in [-0.2, -0.15) is 0 Å². The van der Waals surface area contributed by atoms with Gasteiger partial charge >= 0.3 is 0 Å². The number of hydrogen-bond donors (Lipinski definition) is 1. The van der Waals surface area contributed by atoms with Gasteiger partial charge in [-0.05, 0) is 25.8 Å². The molecule has 1 aliphatic rings. The van der Waals surface area contributed by atoms with Gasteiger partial charge in [-0.25, -0.2) is 9.97 Å². The molecule has 2 rings (SSSR count). The molecule has 3 nitrogen and oxygen atoms in total. The molecular weight excluding hydrogens is 210 g/mol. The average Bonchev–Trinajstić information content (AvgIpc) is 2.57. The predicted molar refractivity (Wildman–Crippen MR) is 69.8 cm³/mol. The summed E-state index contributed by atoms with van der Waals surface area (Å²) in [5.74, 6) is 1.62. The van der Waals surface area contributed by atoms with Gasteiger partial charge < -0.3 is 5.73 Å². The summed E-state index contributed by atoms with van der Waals surface area (Å²) in [6.45, 7) is 2.02. The zero-order valence-corrected chi connectivity index (χ0v) is 10.7. The van der Waals surface area contributed by atoms with Crippen LogP contribution in [0.3, 0.4) is 0 Å². The molecule has 0 aliphatic heterocycles. The van der Waals surface area contributed by atoms with Crippen molar-refractivity contribution in [2.45, 2.75) is 63.8 Å². The summed E-state index contributed by atoms with van der Waals surface area (Å²) in [7, 11) is 0. The van der Waals surface area contributed by atoms with E-state index in [1.807, 2.05) is 19.2 Å². The van der Waals surface area contributed by atoms with Crippen LogP contribution in [-0.2, 0) is 6.42 Å². The minimum atomic E-state index is 0.173. The zero-order chi connectivity index (χ0) is 12.1. The molecule has 1 atom stereocenters. The number of nitrogens with zero attached hydrogens (tertiary/aromatic N) is 2. The average molecular weight is 233 g/mol. The minimum Gasteiger partial charge on any atom is -0.328 e. The lowest BCUT2D eigenvalue weighted by Gasteiger charge is -2.13. The second-order valence-electron chi connectivity index (χ2n) is 5.28. The lowest BCUT2D eigenvalue weighted by molar-refractivity contribution is 0.555. The third-order valence-corrected chi connectivity index (χ3v) is 3.48. The first-order valence-electron chi connectivity index (χ1n) is 6.83. The van der Waals surface area contributed by atoms with E-state index in [1.54, 1.807) is 0 Å². The molecule has 94 valence electrons. The molecule has 0 amide bonds. The van der Waals surface area contributed by atoms with Gasteiger partial charge in [0.25, 0.3) is 0 Å². The topological polar surface area (TPSA) is 51.8 Å². The molecule has 0 spiro atoms. The second kappa shape index (κ2) is 6.10. The number of hydrogen-bond acceptors (Lipinski definition) is 3. The van der Waals surface area contributed by atoms with Crippen LogP contribution in [0, 0.1) is 0 Å². The molecule has 3 heteroatoms. The predicted octanol–water partition coefficient (Wildman–Crippen LogP) is 2.80. The molecule has 0 saturated heterocycles. The Balaban J connectivity index is 2.08. The lowest BCUT2D eigenvalue weighted by Crippen LogP contribution is -2.19. The summed E-state index contributed by atoms with van der Waals surface area (Å²) in [6.07, 6.45) is 10.6. The molecule has 1 aromatic rings. The van der Waals surface area contributed by atoms with Crippen molar-refractivity contribution < 1.29 is 0 Å². The molecule has 1 heterocycles. The van der Waals surface area contributed by atoms with Gasteiger partial charge in [0.2, 0.25) is 0 Å². The first-order valence-corrected chi connectivity index (χ1v) is 6.83. The third kappa shape index (κ3) is 3.77. The first kappa shape index (κ1) is 12.5. The maximum absolute atomic E-state index is 5.82. The van der Waals surface area contributed by atoms with E-state index in [1.165, 1.54) is 38.5 Å². The van der Waals surface area contributed by atoms with E-state index in [-0.39, 0.29) is 6.04 Å². The Labute approximate surface area is 104 Å². The highest BCUT2D eigenvalue weighted by molar-refractivity contribution is 5.07. The van der Waals surface area contributed by atoms with Gasteiger partial charge in [-0.3, -0.25) is 0 Å². The second-order valence-corrected chi connectivity index (χ2v) is 5.28. The third-order valence-electron chi connectivity index (χ3n) is 3.48. The van der Waals surface area contributed by atoms with E-state index in [2.05, 4.69) is 9.97 Å². The number of aromatic nitrogens is 2. The SMILES string of the molecule is CC(N)Cc1ccnc(C2CCCCCC2)n1. The van der Waals surface area contributed by atoms with E-state index >= 15 is 0 Å². The zero-order valence-electron chi connectivity index (χ0n) is 10.7. The molecule has 1 aliphatic carbocycles. The summed E-state index contributed by atoms with van der Waals surface area (Å²) in [5, 5.41) is 0. The summed E-state index contributed by atoms with van der Waals surface area (Å²) in [5.41, 5.74) is 6.91. The monoisotopic (exact) mass is 233 g/mol. The largest absolute Gasteiger partial charge is 0.328 e. The fourth-order valence-electron chi connectivity index (χ4n) is 2.59. The van der Waals surface area contributed by atoms with Crippen LogP contribution in [-0.4, -0.2) is 16.0 Å². The van der Waals surface area contributed by atoms with E-state index in [4.69, 9.17) is 5.73 Å². The van der Waals surface area contributed by atoms with Crippen molar-refractivity contribution in [3.8, 4) is 0 Å². The summed E-state index contributed by atoms with van der Waals surface area (Å²) in [4.78, 5) is 9.15. The van der Waals surface area contributed by atoms with Crippen LogP contribution in [0.25, 0.3) is 0 Å². The van der Waals surface area contributed by atoms with Crippen LogP contribution in [0.2, 0.25) is 0 Å². The van der Waals surface area contributed by atoms with Crippen molar-refractivity contribution in [3.63, 3.8) is 0 Å². The lowest BCUT2D eigenvalue weighted by atomic mass is 9.99. The van der Waals surface area contributed by atoms with Crippen molar-refractivity contribution in [2.75, 3.05) is 0 Å². The summed E-state index contributed by atoms with van der Waals surface area (Å²) < 4.78 is 0. The highest BCUT2D eigenvalue weighted by Crippen LogP contribution is 2.29. The highest BCUT2D eigenvalue weighted by Gasteiger charge is 2.17. The molecule has 1 fully saturated rings. The fourth-order valence-corrected chi connectivity index (χ4v) is 2.59. The Morgan fingerprint density at radius 1 is 1.29 bits per heavy atom. The van der Waals surface area contributed by atoms with Crippen molar-refractivity contribution in [1.82, 2.24) is 9.97 Å². The van der Waals surface area contributed by atoms with Crippen molar-refractivity contribution >= 4 is 0 Å². The van der Waals surface area contributed by atoms with Crippen LogP contribution in [0.15, 0.2) is 12.3 Å². The van der Waals surface area contributed by atoms with Crippen LogP contribution >= 0.6 is 0 Å². The molecule has 1 aromatic heterocycles. The number of nitrogens with two attached hydrogens (primary N) is 1. The Hall–Kier alpha value is -0.960.